The predicted octanol–water partition coefficient (Wildman–Crippen LogP) is 2.72. The van der Waals surface area contributed by atoms with Crippen molar-refractivity contribution in [3.05, 3.63) is 71.0 Å². The molecule has 0 aliphatic carbocycles. The van der Waals surface area contributed by atoms with Crippen molar-refractivity contribution in [3.63, 3.8) is 0 Å². The third-order valence-electron chi connectivity index (χ3n) is 5.49. The zero-order valence-corrected chi connectivity index (χ0v) is 14.5. The summed E-state index contributed by atoms with van der Waals surface area (Å²) >= 11 is 0. The van der Waals surface area contributed by atoms with Crippen molar-refractivity contribution >= 4 is 11.8 Å². The van der Waals surface area contributed by atoms with Gasteiger partial charge in [-0.3, -0.25) is 9.59 Å². The van der Waals surface area contributed by atoms with Crippen molar-refractivity contribution in [1.82, 2.24) is 10.2 Å². The van der Waals surface area contributed by atoms with E-state index in [1.54, 1.807) is 12.1 Å². The standard InChI is InChI=1S/C21H21FN2O2/c22-17-7-5-15(6-8-17)13-19(25)24-12-11-21(14-24)10-9-16-3-1-2-4-18(16)20(26)23-21/h1-8H,9-14H2,(H,23,26)/t21-/m0/s1. The zero-order valence-electron chi connectivity index (χ0n) is 14.5. The summed E-state index contributed by atoms with van der Waals surface area (Å²) in [5.41, 5.74) is 2.25. The van der Waals surface area contributed by atoms with Gasteiger partial charge in [-0.15, -0.1) is 0 Å². The van der Waals surface area contributed by atoms with E-state index < -0.39 is 0 Å². The number of nitrogens with one attached hydrogen (secondary N) is 1. The fourth-order valence-corrected chi connectivity index (χ4v) is 3.98. The fourth-order valence-electron chi connectivity index (χ4n) is 3.98. The number of nitrogens with zero attached hydrogens (tertiary/aromatic N) is 1. The predicted molar refractivity (Wildman–Crippen MR) is 96.3 cm³/mol. The molecule has 5 heteroatoms. The van der Waals surface area contributed by atoms with Crippen molar-refractivity contribution in [2.45, 2.75) is 31.2 Å². The van der Waals surface area contributed by atoms with Crippen LogP contribution in [-0.2, 0) is 17.6 Å². The average molecular weight is 352 g/mol. The maximum absolute atomic E-state index is 13.0. The summed E-state index contributed by atoms with van der Waals surface area (Å²) in [6.07, 6.45) is 2.68. The second-order valence-corrected chi connectivity index (χ2v) is 7.26. The maximum atomic E-state index is 13.0. The largest absolute Gasteiger partial charge is 0.345 e. The third-order valence-corrected chi connectivity index (χ3v) is 5.49. The van der Waals surface area contributed by atoms with E-state index in [2.05, 4.69) is 5.32 Å². The van der Waals surface area contributed by atoms with Crippen molar-refractivity contribution in [3.8, 4) is 0 Å². The van der Waals surface area contributed by atoms with Crippen LogP contribution < -0.4 is 5.32 Å². The number of halogens is 1. The number of aryl methyl sites for hydroxylation is 1. The molecule has 1 atom stereocenters. The SMILES string of the molecule is O=C1N[C@@]2(CCc3ccccc31)CCN(C(=O)Cc1ccc(F)cc1)C2. The second kappa shape index (κ2) is 6.56. The number of carbonyl (C=O) groups is 2. The first-order valence-electron chi connectivity index (χ1n) is 8.97. The molecular weight excluding hydrogens is 331 g/mol. The Labute approximate surface area is 152 Å². The molecule has 2 heterocycles. The van der Waals surface area contributed by atoms with Gasteiger partial charge in [-0.25, -0.2) is 4.39 Å². The summed E-state index contributed by atoms with van der Waals surface area (Å²) in [4.78, 5) is 27.1. The number of benzene rings is 2. The lowest BCUT2D eigenvalue weighted by Crippen LogP contribution is -2.50. The fraction of sp³-hybridized carbons (Fsp3) is 0.333. The van der Waals surface area contributed by atoms with Gasteiger partial charge in [0.05, 0.1) is 12.0 Å². The molecule has 4 rings (SSSR count). The highest BCUT2D eigenvalue weighted by Gasteiger charge is 2.42. The summed E-state index contributed by atoms with van der Waals surface area (Å²) in [5, 5.41) is 3.18. The smallest absolute Gasteiger partial charge is 0.252 e. The van der Waals surface area contributed by atoms with Crippen molar-refractivity contribution in [2.24, 2.45) is 0 Å². The molecule has 1 saturated heterocycles. The van der Waals surface area contributed by atoms with Crippen LogP contribution in [-0.4, -0.2) is 35.3 Å². The summed E-state index contributed by atoms with van der Waals surface area (Å²) < 4.78 is 13.0. The second-order valence-electron chi connectivity index (χ2n) is 7.26. The molecule has 2 amide bonds. The van der Waals surface area contributed by atoms with Crippen molar-refractivity contribution in [1.29, 1.82) is 0 Å². The number of likely N-dealkylation sites (tertiary alicyclic amines) is 1. The minimum Gasteiger partial charge on any atom is -0.345 e. The Balaban J connectivity index is 1.45. The molecule has 0 radical (unpaired) electrons. The van der Waals surface area contributed by atoms with Crippen molar-refractivity contribution < 1.29 is 14.0 Å². The van der Waals surface area contributed by atoms with Crippen LogP contribution in [0, 0.1) is 5.82 Å². The Morgan fingerprint density at radius 1 is 1.12 bits per heavy atom. The van der Waals surface area contributed by atoms with Gasteiger partial charge in [0, 0.05) is 18.7 Å². The Hall–Kier alpha value is -2.69. The number of amides is 2. The van der Waals surface area contributed by atoms with Crippen LogP contribution in [0.25, 0.3) is 0 Å². The van der Waals surface area contributed by atoms with E-state index in [9.17, 15) is 14.0 Å². The minimum atomic E-state index is -0.353. The molecule has 0 saturated carbocycles. The van der Waals surface area contributed by atoms with Crippen LogP contribution in [0.3, 0.4) is 0 Å². The lowest BCUT2D eigenvalue weighted by molar-refractivity contribution is -0.129. The molecule has 1 fully saturated rings. The monoisotopic (exact) mass is 352 g/mol. The lowest BCUT2D eigenvalue weighted by atomic mass is 9.91. The summed E-state index contributed by atoms with van der Waals surface area (Å²) in [6.45, 7) is 1.17. The van der Waals surface area contributed by atoms with Crippen LogP contribution >= 0.6 is 0 Å². The van der Waals surface area contributed by atoms with Crippen LogP contribution in [0.4, 0.5) is 4.39 Å². The van der Waals surface area contributed by atoms with E-state index in [1.165, 1.54) is 12.1 Å². The van der Waals surface area contributed by atoms with E-state index in [0.717, 1.165) is 36.0 Å². The first-order chi connectivity index (χ1) is 12.5. The molecule has 134 valence electrons. The molecule has 2 aromatic carbocycles. The summed E-state index contributed by atoms with van der Waals surface area (Å²) in [6, 6.07) is 13.7. The van der Waals surface area contributed by atoms with Gasteiger partial charge >= 0.3 is 0 Å². The summed E-state index contributed by atoms with van der Waals surface area (Å²) in [7, 11) is 0. The summed E-state index contributed by atoms with van der Waals surface area (Å²) in [5.74, 6) is -0.336. The molecule has 1 N–H and O–H groups in total. The van der Waals surface area contributed by atoms with E-state index in [1.807, 2.05) is 29.2 Å². The van der Waals surface area contributed by atoms with Gasteiger partial charge in [0.15, 0.2) is 0 Å². The molecule has 0 bridgehead atoms. The van der Waals surface area contributed by atoms with Crippen LogP contribution in [0.5, 0.6) is 0 Å². The number of hydrogen-bond acceptors (Lipinski definition) is 2. The average Bonchev–Trinajstić information content (AvgIpc) is 3.00. The number of hydrogen-bond donors (Lipinski definition) is 1. The van der Waals surface area contributed by atoms with Gasteiger partial charge in [-0.1, -0.05) is 30.3 Å². The molecule has 0 unspecified atom stereocenters. The van der Waals surface area contributed by atoms with E-state index in [-0.39, 0.29) is 29.6 Å². The van der Waals surface area contributed by atoms with Crippen molar-refractivity contribution in [2.75, 3.05) is 13.1 Å². The topological polar surface area (TPSA) is 49.4 Å². The quantitative estimate of drug-likeness (QED) is 0.903. The molecule has 2 aliphatic heterocycles. The Kier molecular flexibility index (Phi) is 4.23. The molecule has 26 heavy (non-hydrogen) atoms. The zero-order chi connectivity index (χ0) is 18.1. The highest BCUT2D eigenvalue weighted by molar-refractivity contribution is 5.96. The molecule has 2 aliphatic rings. The Bertz CT molecular complexity index is 849. The van der Waals surface area contributed by atoms with E-state index in [0.29, 0.717) is 13.1 Å². The first-order valence-corrected chi connectivity index (χ1v) is 8.97. The highest BCUT2D eigenvalue weighted by atomic mass is 19.1. The third kappa shape index (κ3) is 3.21. The number of fused-ring (bicyclic) bond motifs is 1. The molecule has 4 nitrogen and oxygen atoms in total. The first kappa shape index (κ1) is 16.8. The van der Waals surface area contributed by atoms with Gasteiger partial charge in [0.1, 0.15) is 5.82 Å². The van der Waals surface area contributed by atoms with Gasteiger partial charge < -0.3 is 10.2 Å². The molecule has 0 aromatic heterocycles. The van der Waals surface area contributed by atoms with E-state index >= 15 is 0 Å². The number of rotatable bonds is 2. The van der Waals surface area contributed by atoms with Gasteiger partial charge in [0.25, 0.3) is 5.91 Å². The number of carbonyl (C=O) groups excluding carboxylic acids is 2. The molecular formula is C21H21FN2O2. The van der Waals surface area contributed by atoms with Crippen LogP contribution in [0.2, 0.25) is 0 Å². The normalized spacial score (nSPS) is 22.0. The maximum Gasteiger partial charge on any atom is 0.252 e. The van der Waals surface area contributed by atoms with Gasteiger partial charge in [-0.05, 0) is 48.6 Å². The van der Waals surface area contributed by atoms with Crippen LogP contribution in [0.15, 0.2) is 48.5 Å². The Morgan fingerprint density at radius 2 is 1.88 bits per heavy atom. The molecule has 2 aromatic rings. The lowest BCUT2D eigenvalue weighted by Gasteiger charge is -2.29. The molecule has 1 spiro atoms. The van der Waals surface area contributed by atoms with Crippen LogP contribution in [0.1, 0.15) is 34.3 Å². The van der Waals surface area contributed by atoms with Gasteiger partial charge in [-0.2, -0.15) is 0 Å². The Morgan fingerprint density at radius 3 is 2.69 bits per heavy atom. The van der Waals surface area contributed by atoms with E-state index in [4.69, 9.17) is 0 Å². The highest BCUT2D eigenvalue weighted by Crippen LogP contribution is 2.31. The van der Waals surface area contributed by atoms with Gasteiger partial charge in [0.2, 0.25) is 5.91 Å². The minimum absolute atomic E-state index is 0.0180.